The van der Waals surface area contributed by atoms with Gasteiger partial charge in [-0.2, -0.15) is 0 Å². The predicted molar refractivity (Wildman–Crippen MR) is 252 cm³/mol. The second-order valence-electron chi connectivity index (χ2n) is 17.4. The standard InChI is InChI=1S/C57H46N2O/c1-57(2)50-35-40(37-14-5-3-6-15-37)26-31-44(50)45-32-30-43(36-51(45)57)58(54-22-13-20-48-47-19-10-12-23-55(47)60-56(48)54)42-28-24-38(25-29-42)39-27-33-53-49(34-39)46-18-9-11-21-52(46)59(53)41-16-7-4-8-17-41/h3,5-7,9-10,13-20,22,24-36H,4,8,11-12,21,23H2,1-2H3. The molecule has 4 aliphatic rings. The predicted octanol–water partition coefficient (Wildman–Crippen LogP) is 15.6. The normalized spacial score (nSPS) is 15.8. The summed E-state index contributed by atoms with van der Waals surface area (Å²) in [6, 6.07) is 47.7. The van der Waals surface area contributed by atoms with Crippen LogP contribution >= 0.6 is 0 Å². The van der Waals surface area contributed by atoms with Gasteiger partial charge in [0, 0.05) is 56.5 Å². The number of aromatic nitrogens is 1. The summed E-state index contributed by atoms with van der Waals surface area (Å²) in [5.74, 6) is 1.08. The third kappa shape index (κ3) is 5.42. The molecule has 0 aliphatic heterocycles. The van der Waals surface area contributed by atoms with Crippen molar-refractivity contribution in [3.8, 4) is 33.4 Å². The molecule has 0 bridgehead atoms. The van der Waals surface area contributed by atoms with E-state index in [2.05, 4.69) is 193 Å². The van der Waals surface area contributed by atoms with Crippen molar-refractivity contribution in [1.29, 1.82) is 0 Å². The van der Waals surface area contributed by atoms with Crippen molar-refractivity contribution >= 4 is 56.8 Å². The number of fused-ring (bicyclic) bond motifs is 9. The van der Waals surface area contributed by atoms with Crippen LogP contribution in [0.5, 0.6) is 0 Å². The van der Waals surface area contributed by atoms with Crippen LogP contribution in [0, 0.1) is 0 Å². The van der Waals surface area contributed by atoms with Crippen LogP contribution in [0.15, 0.2) is 162 Å². The van der Waals surface area contributed by atoms with Gasteiger partial charge in [-0.3, -0.25) is 0 Å². The molecule has 2 heterocycles. The number of nitrogens with zero attached hydrogens (tertiary/aromatic N) is 2. The molecular weight excluding hydrogens is 729 g/mol. The van der Waals surface area contributed by atoms with Crippen molar-refractivity contribution < 1.29 is 4.42 Å². The lowest BCUT2D eigenvalue weighted by atomic mass is 9.81. The molecule has 0 N–H and O–H groups in total. The summed E-state index contributed by atoms with van der Waals surface area (Å²) in [5, 5.41) is 2.49. The first-order valence-corrected chi connectivity index (χ1v) is 21.7. The highest BCUT2D eigenvalue weighted by atomic mass is 16.3. The Bertz CT molecular complexity index is 3160. The number of allylic oxidation sites excluding steroid dienone is 6. The molecular formula is C57H46N2O. The van der Waals surface area contributed by atoms with E-state index in [4.69, 9.17) is 4.42 Å². The van der Waals surface area contributed by atoms with Gasteiger partial charge in [-0.25, -0.2) is 0 Å². The number of rotatable bonds is 6. The molecule has 0 atom stereocenters. The van der Waals surface area contributed by atoms with Crippen molar-refractivity contribution in [1.82, 2.24) is 4.57 Å². The van der Waals surface area contributed by atoms with Gasteiger partial charge in [0.1, 0.15) is 5.76 Å². The zero-order chi connectivity index (χ0) is 40.0. The number of furan rings is 1. The average Bonchev–Trinajstić information content (AvgIpc) is 3.93. The first-order valence-electron chi connectivity index (χ1n) is 21.7. The third-order valence-corrected chi connectivity index (χ3v) is 13.5. The van der Waals surface area contributed by atoms with Gasteiger partial charge >= 0.3 is 0 Å². The summed E-state index contributed by atoms with van der Waals surface area (Å²) in [6.07, 6.45) is 22.5. The van der Waals surface area contributed by atoms with Gasteiger partial charge < -0.3 is 13.9 Å². The zero-order valence-corrected chi connectivity index (χ0v) is 34.2. The highest BCUT2D eigenvalue weighted by Gasteiger charge is 2.36. The minimum atomic E-state index is -0.183. The maximum atomic E-state index is 6.80. The summed E-state index contributed by atoms with van der Waals surface area (Å²) in [7, 11) is 0. The lowest BCUT2D eigenvalue weighted by Gasteiger charge is -2.28. The van der Waals surface area contributed by atoms with Crippen LogP contribution in [-0.2, 0) is 18.3 Å². The Hall–Kier alpha value is -6.84. The summed E-state index contributed by atoms with van der Waals surface area (Å²) in [5.41, 5.74) is 20.9. The van der Waals surface area contributed by atoms with Gasteiger partial charge in [0.25, 0.3) is 0 Å². The van der Waals surface area contributed by atoms with E-state index in [1.165, 1.54) is 83.3 Å². The SMILES string of the molecule is CC1(C)c2cc(-c3ccccc3)ccc2-c2ccc(N(c3ccc(-c4ccc5c(c4)c4c(n5C5=CCCC=C5)CCC=C4)cc3)c3cccc4c5c(oc34)CCC=C5)cc21. The molecule has 4 aliphatic carbocycles. The molecule has 3 nitrogen and oxygen atoms in total. The van der Waals surface area contributed by atoms with Gasteiger partial charge in [0.15, 0.2) is 5.58 Å². The van der Waals surface area contributed by atoms with Crippen LogP contribution in [0.1, 0.15) is 73.2 Å². The van der Waals surface area contributed by atoms with E-state index in [-0.39, 0.29) is 5.41 Å². The molecule has 2 aromatic heterocycles. The largest absolute Gasteiger partial charge is 0.458 e. The molecule has 3 heteroatoms. The molecule has 6 aromatic carbocycles. The van der Waals surface area contributed by atoms with Crippen molar-refractivity contribution in [3.63, 3.8) is 0 Å². The van der Waals surface area contributed by atoms with Gasteiger partial charge in [0.05, 0.1) is 11.2 Å². The van der Waals surface area contributed by atoms with E-state index >= 15 is 0 Å². The quantitative estimate of drug-likeness (QED) is 0.168. The second kappa shape index (κ2) is 13.6. The van der Waals surface area contributed by atoms with Crippen molar-refractivity contribution in [3.05, 3.63) is 191 Å². The molecule has 8 aromatic rings. The fourth-order valence-corrected chi connectivity index (χ4v) is 10.5. The molecule has 0 radical (unpaired) electrons. The monoisotopic (exact) mass is 774 g/mol. The second-order valence-corrected chi connectivity index (χ2v) is 17.4. The molecule has 60 heavy (non-hydrogen) atoms. The maximum absolute atomic E-state index is 6.80. The lowest BCUT2D eigenvalue weighted by molar-refractivity contribution is 0.546. The highest BCUT2D eigenvalue weighted by Crippen LogP contribution is 2.52. The number of aryl methyl sites for hydroxylation is 1. The molecule has 12 rings (SSSR count). The number of hydrogen-bond acceptors (Lipinski definition) is 2. The first-order chi connectivity index (χ1) is 29.5. The van der Waals surface area contributed by atoms with E-state index in [0.717, 1.165) is 66.9 Å². The van der Waals surface area contributed by atoms with E-state index in [9.17, 15) is 0 Å². The van der Waals surface area contributed by atoms with Gasteiger partial charge in [-0.1, -0.05) is 129 Å². The van der Waals surface area contributed by atoms with E-state index < -0.39 is 0 Å². The van der Waals surface area contributed by atoms with Gasteiger partial charge in [-0.15, -0.1) is 0 Å². The number of anilines is 3. The molecule has 0 amide bonds. The molecule has 0 unspecified atom stereocenters. The minimum absolute atomic E-state index is 0.183. The minimum Gasteiger partial charge on any atom is -0.458 e. The summed E-state index contributed by atoms with van der Waals surface area (Å²) >= 11 is 0. The fraction of sp³-hybridized carbons (Fsp3) is 0.158. The van der Waals surface area contributed by atoms with Crippen molar-refractivity contribution in [2.24, 2.45) is 0 Å². The van der Waals surface area contributed by atoms with Crippen LogP contribution < -0.4 is 4.90 Å². The van der Waals surface area contributed by atoms with E-state index in [1.807, 2.05) is 0 Å². The van der Waals surface area contributed by atoms with Crippen molar-refractivity contribution in [2.45, 2.75) is 57.8 Å². The molecule has 0 fully saturated rings. The van der Waals surface area contributed by atoms with Gasteiger partial charge in [0.2, 0.25) is 0 Å². The van der Waals surface area contributed by atoms with Gasteiger partial charge in [-0.05, 0) is 131 Å². The van der Waals surface area contributed by atoms with Crippen LogP contribution in [-0.4, -0.2) is 4.57 Å². The van der Waals surface area contributed by atoms with E-state index in [0.29, 0.717) is 0 Å². The lowest BCUT2D eigenvalue weighted by Crippen LogP contribution is -2.16. The van der Waals surface area contributed by atoms with E-state index in [1.54, 1.807) is 0 Å². The Morgan fingerprint density at radius 3 is 2.08 bits per heavy atom. The highest BCUT2D eigenvalue weighted by molar-refractivity contribution is 6.01. The molecule has 0 saturated carbocycles. The van der Waals surface area contributed by atoms with Crippen LogP contribution in [0.4, 0.5) is 17.1 Å². The summed E-state index contributed by atoms with van der Waals surface area (Å²) < 4.78 is 9.31. The smallest absolute Gasteiger partial charge is 0.158 e. The van der Waals surface area contributed by atoms with Crippen LogP contribution in [0.25, 0.3) is 73.1 Å². The number of benzene rings is 6. The third-order valence-electron chi connectivity index (χ3n) is 13.5. The maximum Gasteiger partial charge on any atom is 0.158 e. The average molecular weight is 775 g/mol. The summed E-state index contributed by atoms with van der Waals surface area (Å²) in [4.78, 5) is 2.41. The Morgan fingerprint density at radius 1 is 0.550 bits per heavy atom. The van der Waals surface area contributed by atoms with Crippen molar-refractivity contribution in [2.75, 3.05) is 4.90 Å². The Kier molecular flexibility index (Phi) is 7.97. The molecule has 290 valence electrons. The fourth-order valence-electron chi connectivity index (χ4n) is 10.5. The first kappa shape index (κ1) is 35.1. The molecule has 0 saturated heterocycles. The zero-order valence-electron chi connectivity index (χ0n) is 34.2. The summed E-state index contributed by atoms with van der Waals surface area (Å²) in [6.45, 7) is 4.76. The number of para-hydroxylation sites is 1. The van der Waals surface area contributed by atoms with Crippen LogP contribution in [0.2, 0.25) is 0 Å². The number of hydrogen-bond donors (Lipinski definition) is 0. The molecule has 0 spiro atoms. The van der Waals surface area contributed by atoms with Crippen LogP contribution in [0.3, 0.4) is 0 Å². The Balaban J connectivity index is 0.977. The topological polar surface area (TPSA) is 21.3 Å². The Morgan fingerprint density at radius 2 is 1.25 bits per heavy atom. The Labute approximate surface area is 351 Å².